The van der Waals surface area contributed by atoms with Crippen LogP contribution >= 0.6 is 0 Å². The minimum atomic E-state index is -0.0439. The van der Waals surface area contributed by atoms with Crippen molar-refractivity contribution in [1.29, 1.82) is 0 Å². The van der Waals surface area contributed by atoms with Crippen molar-refractivity contribution >= 4 is 0 Å². The summed E-state index contributed by atoms with van der Waals surface area (Å²) in [6.45, 7) is 6.87. The maximum absolute atomic E-state index is 3.34. The Morgan fingerprint density at radius 3 is 1.56 bits per heavy atom. The third kappa shape index (κ3) is 3.54. The number of aryl methyl sites for hydroxylation is 2. The predicted molar refractivity (Wildman–Crippen MR) is 107 cm³/mol. The van der Waals surface area contributed by atoms with Gasteiger partial charge in [-0.3, -0.25) is 0 Å². The Morgan fingerprint density at radius 2 is 1.16 bits per heavy atom. The van der Waals surface area contributed by atoms with Crippen LogP contribution in [0, 0.1) is 6.07 Å². The van der Waals surface area contributed by atoms with Crippen LogP contribution in [0.25, 0.3) is 0 Å². The van der Waals surface area contributed by atoms with Gasteiger partial charge in [0.05, 0.1) is 0 Å². The molecule has 0 nitrogen and oxygen atoms in total. The van der Waals surface area contributed by atoms with E-state index in [0.717, 1.165) is 19.3 Å². The second-order valence-electron chi connectivity index (χ2n) is 6.93. The molecule has 3 rings (SSSR count). The molecule has 0 heterocycles. The minimum Gasteiger partial charge on any atom is -0.0622 e. The zero-order valence-corrected chi connectivity index (χ0v) is 15.5. The summed E-state index contributed by atoms with van der Waals surface area (Å²) in [7, 11) is 0. The molecule has 0 bridgehead atoms. The van der Waals surface area contributed by atoms with Crippen molar-refractivity contribution in [2.75, 3.05) is 0 Å². The van der Waals surface area contributed by atoms with E-state index in [1.807, 2.05) is 0 Å². The van der Waals surface area contributed by atoms with Crippen LogP contribution < -0.4 is 0 Å². The van der Waals surface area contributed by atoms with Crippen LogP contribution in [0.15, 0.2) is 72.8 Å². The summed E-state index contributed by atoms with van der Waals surface area (Å²) >= 11 is 0. The molecule has 0 amide bonds. The van der Waals surface area contributed by atoms with Crippen molar-refractivity contribution in [2.45, 2.75) is 45.4 Å². The zero-order valence-electron chi connectivity index (χ0n) is 15.5. The summed E-state index contributed by atoms with van der Waals surface area (Å²) in [5.41, 5.74) is 7.06. The molecular formula is C25H27. The average Bonchev–Trinajstić information content (AvgIpc) is 2.69. The van der Waals surface area contributed by atoms with Crippen molar-refractivity contribution in [3.05, 3.63) is 107 Å². The van der Waals surface area contributed by atoms with Gasteiger partial charge in [0, 0.05) is 5.41 Å². The smallest absolute Gasteiger partial charge is 0.0215 e. The van der Waals surface area contributed by atoms with Gasteiger partial charge in [-0.2, -0.15) is 0 Å². The molecule has 0 fully saturated rings. The van der Waals surface area contributed by atoms with Crippen molar-refractivity contribution < 1.29 is 0 Å². The molecule has 0 N–H and O–H groups in total. The third-order valence-electron chi connectivity index (χ3n) is 5.40. The predicted octanol–water partition coefficient (Wildman–Crippen LogP) is 6.16. The normalized spacial score (nSPS) is 11.5. The average molecular weight is 327 g/mol. The van der Waals surface area contributed by atoms with Crippen molar-refractivity contribution in [3.8, 4) is 0 Å². The first-order valence-corrected chi connectivity index (χ1v) is 9.30. The highest BCUT2D eigenvalue weighted by atomic mass is 14.3. The SMILES string of the molecule is CCc1c[c]cc(CC)c1CC(C)(c1ccccc1)c1ccccc1. The highest BCUT2D eigenvalue weighted by Gasteiger charge is 2.30. The van der Waals surface area contributed by atoms with Crippen LogP contribution in [0.2, 0.25) is 0 Å². The van der Waals surface area contributed by atoms with Gasteiger partial charge in [0.15, 0.2) is 0 Å². The van der Waals surface area contributed by atoms with Crippen molar-refractivity contribution in [3.63, 3.8) is 0 Å². The summed E-state index contributed by atoms with van der Waals surface area (Å²) in [4.78, 5) is 0. The van der Waals surface area contributed by atoms with Crippen molar-refractivity contribution in [1.82, 2.24) is 0 Å². The molecule has 0 aliphatic carbocycles. The van der Waals surface area contributed by atoms with E-state index in [1.54, 1.807) is 0 Å². The molecule has 0 aliphatic rings. The molecule has 0 aromatic heterocycles. The maximum atomic E-state index is 3.34. The van der Waals surface area contributed by atoms with E-state index in [9.17, 15) is 0 Å². The Labute approximate surface area is 152 Å². The quantitative estimate of drug-likeness (QED) is 0.508. The second-order valence-corrected chi connectivity index (χ2v) is 6.93. The summed E-state index contributed by atoms with van der Waals surface area (Å²) in [6, 6.07) is 29.5. The van der Waals surface area contributed by atoms with E-state index in [1.165, 1.54) is 27.8 Å². The first-order chi connectivity index (χ1) is 12.2. The van der Waals surface area contributed by atoms with Gasteiger partial charge < -0.3 is 0 Å². The maximum Gasteiger partial charge on any atom is 0.0215 e. The Kier molecular flexibility index (Phi) is 5.38. The molecule has 127 valence electrons. The lowest BCUT2D eigenvalue weighted by atomic mass is 9.70. The van der Waals surface area contributed by atoms with E-state index in [2.05, 4.69) is 99.6 Å². The fourth-order valence-corrected chi connectivity index (χ4v) is 3.82. The highest BCUT2D eigenvalue weighted by Crippen LogP contribution is 2.37. The number of rotatable bonds is 6. The second kappa shape index (κ2) is 7.70. The zero-order chi connectivity index (χ0) is 17.7. The fourth-order valence-electron chi connectivity index (χ4n) is 3.82. The summed E-state index contributed by atoms with van der Waals surface area (Å²) in [5.74, 6) is 0. The lowest BCUT2D eigenvalue weighted by molar-refractivity contribution is 0.562. The van der Waals surface area contributed by atoms with Gasteiger partial charge in [-0.1, -0.05) is 93.6 Å². The third-order valence-corrected chi connectivity index (χ3v) is 5.40. The summed E-state index contributed by atoms with van der Waals surface area (Å²) < 4.78 is 0. The molecule has 0 unspecified atom stereocenters. The lowest BCUT2D eigenvalue weighted by Gasteiger charge is -2.33. The summed E-state index contributed by atoms with van der Waals surface area (Å²) in [5, 5.41) is 0. The van der Waals surface area contributed by atoms with E-state index in [0.29, 0.717) is 0 Å². The fraction of sp³-hybridized carbons (Fsp3) is 0.280. The van der Waals surface area contributed by atoms with E-state index < -0.39 is 0 Å². The largest absolute Gasteiger partial charge is 0.0622 e. The monoisotopic (exact) mass is 327 g/mol. The minimum absolute atomic E-state index is 0.0439. The van der Waals surface area contributed by atoms with Gasteiger partial charge in [-0.25, -0.2) is 0 Å². The Morgan fingerprint density at radius 1 is 0.720 bits per heavy atom. The highest BCUT2D eigenvalue weighted by molar-refractivity contribution is 5.44. The number of hydrogen-bond donors (Lipinski definition) is 0. The van der Waals surface area contributed by atoms with E-state index in [-0.39, 0.29) is 5.41 Å². The standard InChI is InChI=1S/C25H27/c1-4-20-13-12-14-21(5-2)24(20)19-25(3,22-15-8-6-9-16-22)23-17-10-7-11-18-23/h6-11,13-18H,4-5,19H2,1-3H3. The molecule has 0 aliphatic heterocycles. The van der Waals surface area contributed by atoms with Gasteiger partial charge in [-0.05, 0) is 53.1 Å². The Bertz CT molecular complexity index is 738. The van der Waals surface area contributed by atoms with Gasteiger partial charge >= 0.3 is 0 Å². The molecule has 0 saturated heterocycles. The number of benzene rings is 3. The molecule has 0 spiro atoms. The first kappa shape index (κ1) is 17.5. The molecule has 3 aromatic rings. The molecule has 1 radical (unpaired) electrons. The van der Waals surface area contributed by atoms with Gasteiger partial charge in [-0.15, -0.1) is 0 Å². The van der Waals surface area contributed by atoms with Crippen molar-refractivity contribution in [2.24, 2.45) is 0 Å². The molecule has 0 heteroatoms. The van der Waals surface area contributed by atoms with Crippen LogP contribution in [0.3, 0.4) is 0 Å². The molecule has 0 saturated carbocycles. The van der Waals surface area contributed by atoms with Gasteiger partial charge in [0.2, 0.25) is 0 Å². The summed E-state index contributed by atoms with van der Waals surface area (Å²) in [6.07, 6.45) is 3.13. The Balaban J connectivity index is 2.15. The van der Waals surface area contributed by atoms with Crippen LogP contribution in [0.5, 0.6) is 0 Å². The van der Waals surface area contributed by atoms with Gasteiger partial charge in [0.1, 0.15) is 0 Å². The Hall–Kier alpha value is -2.34. The lowest BCUT2D eigenvalue weighted by Crippen LogP contribution is -2.27. The van der Waals surface area contributed by atoms with Crippen LogP contribution in [-0.4, -0.2) is 0 Å². The van der Waals surface area contributed by atoms with E-state index in [4.69, 9.17) is 0 Å². The topological polar surface area (TPSA) is 0 Å². The van der Waals surface area contributed by atoms with E-state index >= 15 is 0 Å². The van der Waals surface area contributed by atoms with Crippen LogP contribution in [0.1, 0.15) is 48.6 Å². The number of hydrogen-bond acceptors (Lipinski definition) is 0. The van der Waals surface area contributed by atoms with Crippen LogP contribution in [0.4, 0.5) is 0 Å². The molecule has 25 heavy (non-hydrogen) atoms. The molecule has 3 aromatic carbocycles. The first-order valence-electron chi connectivity index (χ1n) is 9.30. The van der Waals surface area contributed by atoms with Crippen LogP contribution in [-0.2, 0) is 24.7 Å². The molecular weight excluding hydrogens is 300 g/mol. The van der Waals surface area contributed by atoms with Gasteiger partial charge in [0.25, 0.3) is 0 Å². The molecule has 0 atom stereocenters.